The van der Waals surface area contributed by atoms with Crippen molar-refractivity contribution in [2.75, 3.05) is 20.6 Å². The largest absolute Gasteiger partial charge is 0.338 e. The fourth-order valence-electron chi connectivity index (χ4n) is 3.03. The number of nitrogens with zero attached hydrogens (tertiary/aromatic N) is 2. The van der Waals surface area contributed by atoms with Crippen LogP contribution in [-0.2, 0) is 7.05 Å². The van der Waals surface area contributed by atoms with Crippen LogP contribution in [0.5, 0.6) is 0 Å². The Labute approximate surface area is 136 Å². The van der Waals surface area contributed by atoms with Crippen molar-refractivity contribution in [3.63, 3.8) is 0 Å². The molecule has 1 aliphatic rings. The van der Waals surface area contributed by atoms with Crippen LogP contribution in [0.25, 0.3) is 10.9 Å². The molecule has 0 N–H and O–H groups in total. The number of aryl methyl sites for hydroxylation is 1. The maximum absolute atomic E-state index is 12.9. The van der Waals surface area contributed by atoms with E-state index in [1.54, 1.807) is 0 Å². The number of carbonyl (C=O) groups excluding carboxylic acids is 1. The Morgan fingerprint density at radius 3 is 2.62 bits per heavy atom. The third kappa shape index (κ3) is 2.60. The van der Waals surface area contributed by atoms with Crippen LogP contribution in [0.1, 0.15) is 17.3 Å². The maximum atomic E-state index is 12.9. The summed E-state index contributed by atoms with van der Waals surface area (Å²) in [5, 5.41) is 2.54. The highest BCUT2D eigenvalue weighted by Gasteiger charge is 2.37. The fourth-order valence-corrected chi connectivity index (χ4v) is 4.34. The van der Waals surface area contributed by atoms with E-state index in [2.05, 4.69) is 35.6 Å². The first-order chi connectivity index (χ1) is 9.50. The number of aromatic nitrogens is 1. The van der Waals surface area contributed by atoms with Crippen LogP contribution in [0.4, 0.5) is 0 Å². The average molecular weight is 325 g/mol. The van der Waals surface area contributed by atoms with Gasteiger partial charge in [0.1, 0.15) is 0 Å². The average Bonchev–Trinajstić information content (AvgIpc) is 2.68. The molecule has 0 saturated carbocycles. The minimum Gasteiger partial charge on any atom is -0.338 e. The molecule has 1 aliphatic heterocycles. The molecule has 2 aromatic rings. The molecule has 2 unspecified atom stereocenters. The number of benzene rings is 1. The van der Waals surface area contributed by atoms with Crippen LogP contribution in [0.3, 0.4) is 0 Å². The number of carbonyl (C=O) groups is 1. The second kappa shape index (κ2) is 6.03. The van der Waals surface area contributed by atoms with Gasteiger partial charge in [0.15, 0.2) is 5.78 Å². The zero-order chi connectivity index (χ0) is 14.4. The molecule has 1 aromatic carbocycles. The molecular weight excluding hydrogens is 304 g/mol. The Morgan fingerprint density at radius 2 is 1.95 bits per heavy atom. The molecule has 0 spiro atoms. The van der Waals surface area contributed by atoms with E-state index in [1.165, 1.54) is 0 Å². The highest BCUT2D eigenvalue weighted by molar-refractivity contribution is 8.00. The van der Waals surface area contributed by atoms with Gasteiger partial charge < -0.3 is 9.47 Å². The molecule has 0 amide bonds. The summed E-state index contributed by atoms with van der Waals surface area (Å²) in [5.74, 6) is 0.380. The highest BCUT2D eigenvalue weighted by Crippen LogP contribution is 2.43. The normalized spacial score (nSPS) is 21.5. The van der Waals surface area contributed by atoms with Gasteiger partial charge in [-0.3, -0.25) is 4.79 Å². The van der Waals surface area contributed by atoms with E-state index in [4.69, 9.17) is 0 Å². The van der Waals surface area contributed by atoms with Crippen LogP contribution >= 0.6 is 24.2 Å². The first-order valence-electron chi connectivity index (χ1n) is 6.93. The van der Waals surface area contributed by atoms with E-state index < -0.39 is 0 Å². The summed E-state index contributed by atoms with van der Waals surface area (Å²) >= 11 is 1.83. The second-order valence-corrected chi connectivity index (χ2v) is 7.18. The summed E-state index contributed by atoms with van der Waals surface area (Å²) in [6.07, 6.45) is 0. The molecule has 3 nitrogen and oxygen atoms in total. The van der Waals surface area contributed by atoms with Gasteiger partial charge in [0.05, 0.1) is 10.6 Å². The smallest absolute Gasteiger partial charge is 0.171 e. The molecular formula is C16H21ClN2OS. The number of thioether (sulfide) groups is 1. The van der Waals surface area contributed by atoms with Crippen molar-refractivity contribution in [2.45, 2.75) is 17.2 Å². The van der Waals surface area contributed by atoms with Gasteiger partial charge >= 0.3 is 0 Å². The van der Waals surface area contributed by atoms with Crippen LogP contribution in [-0.4, -0.2) is 41.1 Å². The summed E-state index contributed by atoms with van der Waals surface area (Å²) in [4.78, 5) is 15.0. The zero-order valence-electron chi connectivity index (χ0n) is 12.8. The van der Waals surface area contributed by atoms with E-state index in [0.29, 0.717) is 11.0 Å². The van der Waals surface area contributed by atoms with E-state index in [-0.39, 0.29) is 18.3 Å². The van der Waals surface area contributed by atoms with Crippen LogP contribution < -0.4 is 0 Å². The van der Waals surface area contributed by atoms with Gasteiger partial charge in [0, 0.05) is 35.7 Å². The number of hydrogen-bond acceptors (Lipinski definition) is 3. The van der Waals surface area contributed by atoms with Crippen molar-refractivity contribution in [1.82, 2.24) is 9.47 Å². The van der Waals surface area contributed by atoms with Crippen LogP contribution in [0.15, 0.2) is 29.3 Å². The molecule has 2 heterocycles. The predicted molar refractivity (Wildman–Crippen MR) is 91.9 cm³/mol. The SMILES string of the molecule is CC1Sc2c(c3ccccc3n2C)C(=O)C1CN(C)C.Cl. The van der Waals surface area contributed by atoms with E-state index in [1.807, 2.05) is 38.0 Å². The molecule has 2 atom stereocenters. The lowest BCUT2D eigenvalue weighted by atomic mass is 9.93. The van der Waals surface area contributed by atoms with Gasteiger partial charge in [-0.25, -0.2) is 0 Å². The minimum absolute atomic E-state index is 0. The summed E-state index contributed by atoms with van der Waals surface area (Å²) in [5.41, 5.74) is 2.08. The number of rotatable bonds is 2. The number of para-hydroxylation sites is 1. The molecule has 21 heavy (non-hydrogen) atoms. The number of Topliss-reactive ketones (excluding diaryl/α,β-unsaturated/α-hetero) is 1. The standard InChI is InChI=1S/C16H20N2OS.ClH/c1-10-12(9-17(2)3)15(19)14-11-7-5-6-8-13(11)18(4)16(14)20-10;/h5-8,10,12H,9H2,1-4H3;1H. The number of hydrogen-bond donors (Lipinski definition) is 0. The maximum Gasteiger partial charge on any atom is 0.171 e. The molecule has 114 valence electrons. The molecule has 0 bridgehead atoms. The van der Waals surface area contributed by atoms with E-state index in [9.17, 15) is 4.79 Å². The van der Waals surface area contributed by atoms with E-state index >= 15 is 0 Å². The third-order valence-corrected chi connectivity index (χ3v) is 5.46. The third-order valence-electron chi connectivity index (χ3n) is 4.06. The Kier molecular flexibility index (Phi) is 4.71. The van der Waals surface area contributed by atoms with Gasteiger partial charge in [0.2, 0.25) is 0 Å². The van der Waals surface area contributed by atoms with Crippen molar-refractivity contribution < 1.29 is 4.79 Å². The van der Waals surface area contributed by atoms with Crippen molar-refractivity contribution in [3.05, 3.63) is 29.8 Å². The molecule has 3 rings (SSSR count). The highest BCUT2D eigenvalue weighted by atomic mass is 35.5. The van der Waals surface area contributed by atoms with Gasteiger partial charge in [-0.15, -0.1) is 24.2 Å². The molecule has 5 heteroatoms. The summed E-state index contributed by atoms with van der Waals surface area (Å²) < 4.78 is 2.16. The van der Waals surface area contributed by atoms with Gasteiger partial charge in [-0.1, -0.05) is 25.1 Å². The van der Waals surface area contributed by atoms with Crippen molar-refractivity contribution in [1.29, 1.82) is 0 Å². The first kappa shape index (κ1) is 16.4. The lowest BCUT2D eigenvalue weighted by molar-refractivity contribution is 0.0892. The summed E-state index contributed by atoms with van der Waals surface area (Å²) in [7, 11) is 6.12. The second-order valence-electron chi connectivity index (χ2n) is 5.81. The first-order valence-corrected chi connectivity index (χ1v) is 7.81. The van der Waals surface area contributed by atoms with Crippen LogP contribution in [0.2, 0.25) is 0 Å². The number of halogens is 1. The Morgan fingerprint density at radius 1 is 1.29 bits per heavy atom. The predicted octanol–water partition coefficient (Wildman–Crippen LogP) is 3.45. The van der Waals surface area contributed by atoms with Crippen molar-refractivity contribution >= 4 is 40.9 Å². The molecule has 0 fully saturated rings. The van der Waals surface area contributed by atoms with Gasteiger partial charge in [-0.2, -0.15) is 0 Å². The molecule has 1 aromatic heterocycles. The monoisotopic (exact) mass is 324 g/mol. The number of ketones is 1. The Bertz CT molecular complexity index is 680. The minimum atomic E-state index is 0. The van der Waals surface area contributed by atoms with E-state index in [0.717, 1.165) is 28.0 Å². The molecule has 0 aliphatic carbocycles. The quantitative estimate of drug-likeness (QED) is 0.846. The lowest BCUT2D eigenvalue weighted by Crippen LogP contribution is -2.36. The molecule has 0 radical (unpaired) electrons. The topological polar surface area (TPSA) is 25.2 Å². The van der Waals surface area contributed by atoms with Crippen molar-refractivity contribution in [3.8, 4) is 0 Å². The number of fused-ring (bicyclic) bond motifs is 3. The Balaban J connectivity index is 0.00000161. The summed E-state index contributed by atoms with van der Waals surface area (Å²) in [6, 6.07) is 8.20. The summed E-state index contributed by atoms with van der Waals surface area (Å²) in [6.45, 7) is 2.98. The van der Waals surface area contributed by atoms with Gasteiger partial charge in [0.25, 0.3) is 0 Å². The Hall–Kier alpha value is -0.970. The van der Waals surface area contributed by atoms with Crippen molar-refractivity contribution in [2.24, 2.45) is 13.0 Å². The molecule has 0 saturated heterocycles. The lowest BCUT2D eigenvalue weighted by Gasteiger charge is -2.29. The van der Waals surface area contributed by atoms with Crippen LogP contribution in [0, 0.1) is 5.92 Å². The zero-order valence-corrected chi connectivity index (χ0v) is 14.4. The fraction of sp³-hybridized carbons (Fsp3) is 0.438. The van der Waals surface area contributed by atoms with Gasteiger partial charge in [-0.05, 0) is 20.2 Å².